The van der Waals surface area contributed by atoms with E-state index in [9.17, 15) is 19.8 Å². The fourth-order valence-electron chi connectivity index (χ4n) is 2.83. The quantitative estimate of drug-likeness (QED) is 0.817. The highest BCUT2D eigenvalue weighted by atomic mass is 16.3. The van der Waals surface area contributed by atoms with Crippen molar-refractivity contribution < 1.29 is 19.8 Å². The van der Waals surface area contributed by atoms with Crippen LogP contribution in [0.1, 0.15) is 58.5 Å². The maximum Gasteiger partial charge on any atom is 0.166 e. The molecular weight excluding hydrogens is 244 g/mol. The Bertz CT molecular complexity index is 546. The van der Waals surface area contributed by atoms with Crippen LogP contribution >= 0.6 is 0 Å². The van der Waals surface area contributed by atoms with E-state index in [1.807, 2.05) is 6.92 Å². The first-order chi connectivity index (χ1) is 8.95. The van der Waals surface area contributed by atoms with E-state index in [-0.39, 0.29) is 29.3 Å². The summed E-state index contributed by atoms with van der Waals surface area (Å²) in [4.78, 5) is 23.8. The van der Waals surface area contributed by atoms with Gasteiger partial charge in [0.15, 0.2) is 11.6 Å². The molecular formula is C15H18O4. The van der Waals surface area contributed by atoms with Crippen molar-refractivity contribution in [2.45, 2.75) is 45.6 Å². The average molecular weight is 262 g/mol. The van der Waals surface area contributed by atoms with Crippen LogP contribution in [0.15, 0.2) is 6.07 Å². The molecule has 19 heavy (non-hydrogen) atoms. The fourth-order valence-corrected chi connectivity index (χ4v) is 2.83. The van der Waals surface area contributed by atoms with Gasteiger partial charge in [0.2, 0.25) is 0 Å². The number of hydrogen-bond donors (Lipinski definition) is 2. The van der Waals surface area contributed by atoms with Crippen molar-refractivity contribution in [1.82, 2.24) is 0 Å². The standard InChI is InChI=1S/C15H18O4/c1-3-4-11-14(8(2)16)12(18)6-9-5-10(17)7-13(19)15(9)11/h6,10,17-18H,3-5,7H2,1-2H3. The number of aromatic hydroxyl groups is 1. The van der Waals surface area contributed by atoms with Crippen LogP contribution in [0.25, 0.3) is 0 Å². The molecule has 0 radical (unpaired) electrons. The SMILES string of the molecule is CCCc1c(C(C)=O)c(O)cc2c1C(=O)CC(O)C2. The number of Topliss-reactive ketones (excluding diaryl/α,β-unsaturated/α-hetero) is 2. The molecule has 4 heteroatoms. The molecule has 0 amide bonds. The number of carbonyl (C=O) groups excluding carboxylic acids is 2. The molecule has 2 rings (SSSR count). The number of benzene rings is 1. The molecule has 0 saturated heterocycles. The second-order valence-electron chi connectivity index (χ2n) is 5.07. The lowest BCUT2D eigenvalue weighted by Gasteiger charge is -2.24. The molecule has 1 aromatic carbocycles. The smallest absolute Gasteiger partial charge is 0.166 e. The zero-order valence-corrected chi connectivity index (χ0v) is 11.2. The van der Waals surface area contributed by atoms with Gasteiger partial charge in [0.25, 0.3) is 0 Å². The van der Waals surface area contributed by atoms with Crippen molar-refractivity contribution in [2.75, 3.05) is 0 Å². The number of aliphatic hydroxyl groups excluding tert-OH is 1. The summed E-state index contributed by atoms with van der Waals surface area (Å²) in [5.41, 5.74) is 2.08. The summed E-state index contributed by atoms with van der Waals surface area (Å²) in [5.74, 6) is -0.459. The summed E-state index contributed by atoms with van der Waals surface area (Å²) in [7, 11) is 0. The molecule has 1 aliphatic carbocycles. The van der Waals surface area contributed by atoms with Crippen molar-refractivity contribution >= 4 is 11.6 Å². The molecule has 1 unspecified atom stereocenters. The lowest BCUT2D eigenvalue weighted by Crippen LogP contribution is -2.26. The predicted octanol–water partition coefficient (Wildman–Crippen LogP) is 2.04. The van der Waals surface area contributed by atoms with E-state index in [2.05, 4.69) is 0 Å². The average Bonchev–Trinajstić information content (AvgIpc) is 2.26. The molecule has 4 nitrogen and oxygen atoms in total. The van der Waals surface area contributed by atoms with E-state index in [1.54, 1.807) is 0 Å². The highest BCUT2D eigenvalue weighted by Gasteiger charge is 2.29. The maximum absolute atomic E-state index is 12.1. The molecule has 2 N–H and O–H groups in total. The van der Waals surface area contributed by atoms with Crippen LogP contribution in [-0.4, -0.2) is 27.9 Å². The van der Waals surface area contributed by atoms with E-state index >= 15 is 0 Å². The molecule has 1 aliphatic rings. The van der Waals surface area contributed by atoms with Gasteiger partial charge in [0.1, 0.15) is 5.75 Å². The van der Waals surface area contributed by atoms with Gasteiger partial charge in [-0.15, -0.1) is 0 Å². The van der Waals surface area contributed by atoms with Crippen molar-refractivity contribution in [3.05, 3.63) is 28.3 Å². The molecule has 0 bridgehead atoms. The Morgan fingerprint density at radius 2 is 2.11 bits per heavy atom. The van der Waals surface area contributed by atoms with Crippen LogP contribution in [0, 0.1) is 0 Å². The minimum atomic E-state index is -0.697. The van der Waals surface area contributed by atoms with Gasteiger partial charge in [-0.3, -0.25) is 9.59 Å². The van der Waals surface area contributed by atoms with Crippen LogP contribution in [0.3, 0.4) is 0 Å². The van der Waals surface area contributed by atoms with Gasteiger partial charge in [-0.05, 0) is 37.0 Å². The van der Waals surface area contributed by atoms with Crippen molar-refractivity contribution in [3.63, 3.8) is 0 Å². The van der Waals surface area contributed by atoms with E-state index in [0.29, 0.717) is 29.5 Å². The second kappa shape index (κ2) is 5.13. The van der Waals surface area contributed by atoms with E-state index in [4.69, 9.17) is 0 Å². The predicted molar refractivity (Wildman–Crippen MR) is 70.8 cm³/mol. The number of ketones is 2. The maximum atomic E-state index is 12.1. The van der Waals surface area contributed by atoms with Gasteiger partial charge < -0.3 is 10.2 Å². The Labute approximate surface area is 112 Å². The van der Waals surface area contributed by atoms with Crippen molar-refractivity contribution in [2.24, 2.45) is 0 Å². The normalized spacial score (nSPS) is 18.3. The summed E-state index contributed by atoms with van der Waals surface area (Å²) in [6.07, 6.45) is 1.10. The van der Waals surface area contributed by atoms with E-state index in [1.165, 1.54) is 13.0 Å². The Kier molecular flexibility index (Phi) is 3.71. The largest absolute Gasteiger partial charge is 0.507 e. The second-order valence-corrected chi connectivity index (χ2v) is 5.07. The number of phenols is 1. The molecule has 0 fully saturated rings. The van der Waals surface area contributed by atoms with Gasteiger partial charge in [-0.2, -0.15) is 0 Å². The Morgan fingerprint density at radius 3 is 2.68 bits per heavy atom. The number of rotatable bonds is 3. The summed E-state index contributed by atoms with van der Waals surface area (Å²) in [6, 6.07) is 1.45. The van der Waals surface area contributed by atoms with E-state index in [0.717, 1.165) is 6.42 Å². The minimum absolute atomic E-state index is 0.0865. The third-order valence-electron chi connectivity index (χ3n) is 3.50. The number of phenolic OH excluding ortho intramolecular Hbond substituents is 1. The van der Waals surface area contributed by atoms with Crippen LogP contribution in [0.2, 0.25) is 0 Å². The number of aliphatic hydroxyl groups is 1. The van der Waals surface area contributed by atoms with Crippen LogP contribution < -0.4 is 0 Å². The number of carbonyl (C=O) groups is 2. The fraction of sp³-hybridized carbons (Fsp3) is 0.467. The van der Waals surface area contributed by atoms with Crippen molar-refractivity contribution in [3.8, 4) is 5.75 Å². The molecule has 1 aromatic rings. The number of hydrogen-bond acceptors (Lipinski definition) is 4. The van der Waals surface area contributed by atoms with Gasteiger partial charge in [-0.1, -0.05) is 13.3 Å². The lowest BCUT2D eigenvalue weighted by atomic mass is 9.81. The lowest BCUT2D eigenvalue weighted by molar-refractivity contribution is 0.0852. The topological polar surface area (TPSA) is 74.6 Å². The zero-order valence-electron chi connectivity index (χ0n) is 11.2. The Balaban J connectivity index is 2.71. The Morgan fingerprint density at radius 1 is 1.42 bits per heavy atom. The molecule has 0 aromatic heterocycles. The van der Waals surface area contributed by atoms with E-state index < -0.39 is 6.10 Å². The molecule has 0 heterocycles. The molecule has 0 aliphatic heterocycles. The summed E-state index contributed by atoms with van der Waals surface area (Å²) in [5, 5.41) is 19.7. The van der Waals surface area contributed by atoms with Crippen molar-refractivity contribution in [1.29, 1.82) is 0 Å². The summed E-state index contributed by atoms with van der Waals surface area (Å²) >= 11 is 0. The number of fused-ring (bicyclic) bond motifs is 1. The van der Waals surface area contributed by atoms with Gasteiger partial charge in [-0.25, -0.2) is 0 Å². The monoisotopic (exact) mass is 262 g/mol. The zero-order chi connectivity index (χ0) is 14.2. The van der Waals surface area contributed by atoms with Gasteiger partial charge >= 0.3 is 0 Å². The highest BCUT2D eigenvalue weighted by Crippen LogP contribution is 2.34. The Hall–Kier alpha value is -1.68. The summed E-state index contributed by atoms with van der Waals surface area (Å²) < 4.78 is 0. The first-order valence-corrected chi connectivity index (χ1v) is 6.55. The van der Waals surface area contributed by atoms with Crippen LogP contribution in [0.4, 0.5) is 0 Å². The van der Waals surface area contributed by atoms with Gasteiger partial charge in [0, 0.05) is 12.0 Å². The van der Waals surface area contributed by atoms with Crippen LogP contribution in [-0.2, 0) is 12.8 Å². The first kappa shape index (κ1) is 13.7. The van der Waals surface area contributed by atoms with Gasteiger partial charge in [0.05, 0.1) is 11.7 Å². The first-order valence-electron chi connectivity index (χ1n) is 6.55. The molecule has 0 saturated carbocycles. The highest BCUT2D eigenvalue weighted by molar-refractivity contribution is 6.06. The molecule has 102 valence electrons. The van der Waals surface area contributed by atoms with Crippen LogP contribution in [0.5, 0.6) is 5.75 Å². The summed E-state index contributed by atoms with van der Waals surface area (Å²) in [6.45, 7) is 3.35. The third kappa shape index (κ3) is 2.40. The molecule has 0 spiro atoms. The minimum Gasteiger partial charge on any atom is -0.507 e. The molecule has 1 atom stereocenters. The third-order valence-corrected chi connectivity index (χ3v) is 3.50.